The number of halogens is 2. The first-order valence-corrected chi connectivity index (χ1v) is 20.8. The monoisotopic (exact) mass is 810 g/mol. The van der Waals surface area contributed by atoms with Crippen LogP contribution in [0.15, 0.2) is 48.5 Å². The number of carbonyl (C=O) groups excluding carboxylic acids is 4. The molecule has 2 aliphatic heterocycles. The van der Waals surface area contributed by atoms with Crippen molar-refractivity contribution in [1.82, 2.24) is 30.2 Å². The summed E-state index contributed by atoms with van der Waals surface area (Å²) in [6, 6.07) is 12.3. The molecule has 3 aromatic rings. The molecule has 1 aromatic heterocycles. The molecule has 306 valence electrons. The van der Waals surface area contributed by atoms with Crippen LogP contribution in [0.5, 0.6) is 5.88 Å². The van der Waals surface area contributed by atoms with E-state index >= 15 is 0 Å². The minimum absolute atomic E-state index is 0.140. The second kappa shape index (κ2) is 14.8. The first-order chi connectivity index (χ1) is 26.8. The van der Waals surface area contributed by atoms with Gasteiger partial charge in [0.15, 0.2) is 0 Å². The van der Waals surface area contributed by atoms with Gasteiger partial charge in [-0.1, -0.05) is 57.2 Å². The van der Waals surface area contributed by atoms with Gasteiger partial charge in [0.05, 0.1) is 28.7 Å². The number of benzene rings is 2. The van der Waals surface area contributed by atoms with Gasteiger partial charge in [0.1, 0.15) is 35.0 Å². The highest BCUT2D eigenvalue weighted by Crippen LogP contribution is 2.48. The molecule has 3 fully saturated rings. The number of alkyl halides is 2. The van der Waals surface area contributed by atoms with Crippen LogP contribution in [0.2, 0.25) is 0 Å². The number of rotatable bonds is 7. The lowest BCUT2D eigenvalue weighted by atomic mass is 9.85. The lowest BCUT2D eigenvalue weighted by Crippen LogP contribution is -2.60. The van der Waals surface area contributed by atoms with Crippen molar-refractivity contribution in [2.45, 2.75) is 121 Å². The summed E-state index contributed by atoms with van der Waals surface area (Å²) in [4.78, 5) is 66.9. The Morgan fingerprint density at radius 1 is 1.04 bits per heavy atom. The number of hydrogen-bond donors (Lipinski definition) is 3. The number of amides is 4. The van der Waals surface area contributed by atoms with Gasteiger partial charge >= 0.3 is 6.09 Å². The molecule has 7 rings (SSSR count). The lowest BCUT2D eigenvalue weighted by molar-refractivity contribution is -0.143. The number of alkyl carbamates (subject to hydrolysis) is 1. The number of fused-ring (bicyclic) bond motifs is 4. The third-order valence-electron chi connectivity index (χ3n) is 11.1. The molecular formula is C40H48F2N6O8S. The van der Waals surface area contributed by atoms with Crippen molar-refractivity contribution in [3.63, 3.8) is 0 Å². The Labute approximate surface area is 329 Å². The largest absolute Gasteiger partial charge is 0.471 e. The zero-order valence-electron chi connectivity index (χ0n) is 32.5. The lowest BCUT2D eigenvalue weighted by Gasteiger charge is -2.36. The van der Waals surface area contributed by atoms with Gasteiger partial charge in [0.2, 0.25) is 34.1 Å². The molecule has 17 heteroatoms. The minimum Gasteiger partial charge on any atom is -0.471 e. The number of aryl methyl sites for hydroxylation is 1. The summed E-state index contributed by atoms with van der Waals surface area (Å²) in [6.45, 7) is 8.54. The first kappa shape index (κ1) is 40.3. The Hall–Kier alpha value is -4.93. The van der Waals surface area contributed by atoms with Gasteiger partial charge in [0, 0.05) is 12.0 Å². The van der Waals surface area contributed by atoms with Gasteiger partial charge in [-0.25, -0.2) is 32.0 Å². The predicted octanol–water partition coefficient (Wildman–Crippen LogP) is 4.65. The quantitative estimate of drug-likeness (QED) is 0.304. The molecule has 5 bridgehead atoms. The Morgan fingerprint density at radius 2 is 1.75 bits per heavy atom. The maximum atomic E-state index is 14.7. The zero-order valence-corrected chi connectivity index (χ0v) is 33.3. The van der Waals surface area contributed by atoms with Crippen molar-refractivity contribution >= 4 is 44.9 Å². The van der Waals surface area contributed by atoms with Gasteiger partial charge in [0.25, 0.3) is 5.91 Å². The first-order valence-electron chi connectivity index (χ1n) is 19.3. The van der Waals surface area contributed by atoms with Crippen molar-refractivity contribution in [3.05, 3.63) is 54.1 Å². The summed E-state index contributed by atoms with van der Waals surface area (Å²) in [5.41, 5.74) is -0.818. The smallest absolute Gasteiger partial charge is 0.408 e. The maximum Gasteiger partial charge on any atom is 0.408 e. The van der Waals surface area contributed by atoms with Crippen LogP contribution < -0.4 is 20.1 Å². The number of hydrogen-bond acceptors (Lipinski definition) is 10. The highest BCUT2D eigenvalue weighted by atomic mass is 32.2. The fourth-order valence-corrected chi connectivity index (χ4v) is 9.02. The third kappa shape index (κ3) is 8.53. The summed E-state index contributed by atoms with van der Waals surface area (Å²) in [7, 11) is -4.14. The molecule has 3 heterocycles. The SMILES string of the molecule is CC1(C)CCCc2ccc3nc(-c4ccccc4)c(nc3c2)O[C@@H]2C[C@@H](C(=O)N[C@@]3(C(=O)NS(=O)(=O)C4CC4)C[C@H]3C(F)F)N(C2)C(=O)[C@H](C(C)(C)C)NC(=O)O1. The topological polar surface area (TPSA) is 186 Å². The molecule has 0 radical (unpaired) electrons. The molecule has 3 N–H and O–H groups in total. The third-order valence-corrected chi connectivity index (χ3v) is 12.9. The van der Waals surface area contributed by atoms with Gasteiger partial charge in [-0.2, -0.15) is 0 Å². The normalized spacial score (nSPS) is 26.6. The molecule has 14 nitrogen and oxygen atoms in total. The standard InChI is InChI=1S/C40H48F2N6O8S/c1-38(2,3)31-35(50)48-21-24(19-29(48)33(49)46-40(20-26(40)32(41)42)36(51)47-57(53,54)25-14-15-25)55-34-30(23-11-7-6-8-12-23)43-27-16-13-22(18-28(27)44-34)10-9-17-39(4,5)56-37(52)45-31/h6-8,11-13,16,18,24-26,29,31-32H,9-10,14-15,17,19-21H2,1-5H3,(H,45,52)(H,46,49)(H,47,51)/t24-,26+,29+,31-,40+/m1/s1. The Morgan fingerprint density at radius 3 is 2.40 bits per heavy atom. The number of nitrogens with zero attached hydrogens (tertiary/aromatic N) is 3. The summed E-state index contributed by atoms with van der Waals surface area (Å²) in [6.07, 6.45) is -3.02. The molecule has 1 saturated heterocycles. The van der Waals surface area contributed by atoms with Crippen molar-refractivity contribution in [2.24, 2.45) is 11.3 Å². The molecule has 2 saturated carbocycles. The average Bonchev–Trinajstić information content (AvgIpc) is 4.06. The Balaban J connectivity index is 1.28. The zero-order chi connectivity index (χ0) is 41.1. The van der Waals surface area contributed by atoms with Crippen LogP contribution in [0.25, 0.3) is 22.3 Å². The van der Waals surface area contributed by atoms with Crippen molar-refractivity contribution < 1.29 is 45.9 Å². The van der Waals surface area contributed by atoms with E-state index < -0.39 is 92.6 Å². The van der Waals surface area contributed by atoms with E-state index in [0.717, 1.165) is 5.56 Å². The minimum atomic E-state index is -4.14. The average molecular weight is 811 g/mol. The predicted molar refractivity (Wildman–Crippen MR) is 204 cm³/mol. The van der Waals surface area contributed by atoms with Gasteiger partial charge in [-0.3, -0.25) is 19.1 Å². The van der Waals surface area contributed by atoms with E-state index in [9.17, 15) is 36.4 Å². The summed E-state index contributed by atoms with van der Waals surface area (Å²) in [5.74, 6) is -4.42. The molecule has 57 heavy (non-hydrogen) atoms. The molecule has 4 aliphatic rings. The van der Waals surface area contributed by atoms with Crippen molar-refractivity contribution in [3.8, 4) is 17.1 Å². The number of nitrogens with one attached hydrogen (secondary N) is 3. The molecule has 2 aliphatic carbocycles. The number of ether oxygens (including phenoxy) is 2. The van der Waals surface area contributed by atoms with Gasteiger partial charge in [-0.05, 0) is 75.5 Å². The second-order valence-electron chi connectivity index (χ2n) is 17.3. The second-order valence-corrected chi connectivity index (χ2v) is 19.2. The van der Waals surface area contributed by atoms with Crippen LogP contribution in [0, 0.1) is 11.3 Å². The molecule has 0 unspecified atom stereocenters. The van der Waals surface area contributed by atoms with E-state index in [1.807, 2.05) is 53.3 Å². The van der Waals surface area contributed by atoms with Crippen molar-refractivity contribution in [1.29, 1.82) is 0 Å². The fourth-order valence-electron chi connectivity index (χ4n) is 7.66. The van der Waals surface area contributed by atoms with Crippen LogP contribution in [0.3, 0.4) is 0 Å². The van der Waals surface area contributed by atoms with Crippen LogP contribution in [-0.4, -0.2) is 94.6 Å². The Kier molecular flexibility index (Phi) is 10.4. The van der Waals surface area contributed by atoms with E-state index in [4.69, 9.17) is 19.4 Å². The van der Waals surface area contributed by atoms with Crippen molar-refractivity contribution in [2.75, 3.05) is 6.54 Å². The van der Waals surface area contributed by atoms with E-state index in [0.29, 0.717) is 54.4 Å². The van der Waals surface area contributed by atoms with Gasteiger partial charge in [-0.15, -0.1) is 0 Å². The number of cyclic esters (lactones) is 1. The number of sulfonamides is 1. The summed E-state index contributed by atoms with van der Waals surface area (Å²) in [5, 5.41) is 4.34. The molecule has 4 amide bonds. The van der Waals surface area contributed by atoms with Crippen LogP contribution in [0.1, 0.15) is 78.7 Å². The molecule has 2 aromatic carbocycles. The van der Waals surface area contributed by atoms with Crippen LogP contribution in [0.4, 0.5) is 13.6 Å². The molecule has 5 atom stereocenters. The number of carbonyl (C=O) groups is 4. The van der Waals surface area contributed by atoms with Crippen LogP contribution >= 0.6 is 0 Å². The summed E-state index contributed by atoms with van der Waals surface area (Å²) < 4.78 is 68.1. The van der Waals surface area contributed by atoms with E-state index in [1.165, 1.54) is 4.90 Å². The van der Waals surface area contributed by atoms with E-state index in [2.05, 4.69) is 10.6 Å². The van der Waals surface area contributed by atoms with E-state index in [1.54, 1.807) is 34.6 Å². The fraction of sp³-hybridized carbons (Fsp3) is 0.550. The van der Waals surface area contributed by atoms with Crippen LogP contribution in [-0.2, 0) is 35.6 Å². The van der Waals surface area contributed by atoms with Gasteiger partial charge < -0.3 is 25.0 Å². The Bertz CT molecular complexity index is 2200. The highest BCUT2D eigenvalue weighted by molar-refractivity contribution is 7.91. The molecule has 0 spiro atoms. The molecular weight excluding hydrogens is 763 g/mol. The van der Waals surface area contributed by atoms with E-state index in [-0.39, 0.29) is 18.8 Å². The summed E-state index contributed by atoms with van der Waals surface area (Å²) >= 11 is 0. The maximum absolute atomic E-state index is 14.7. The number of aromatic nitrogens is 2. The highest BCUT2D eigenvalue weighted by Gasteiger charge is 2.67.